The van der Waals surface area contributed by atoms with Crippen LogP contribution in [0.15, 0.2) is 24.5 Å². The zero-order valence-corrected chi connectivity index (χ0v) is 14.1. The van der Waals surface area contributed by atoms with Crippen molar-refractivity contribution in [2.24, 2.45) is 5.92 Å². The highest BCUT2D eigenvalue weighted by Crippen LogP contribution is 2.26. The van der Waals surface area contributed by atoms with Crippen molar-refractivity contribution >= 4 is 11.8 Å². The van der Waals surface area contributed by atoms with Gasteiger partial charge in [-0.1, -0.05) is 19.3 Å². The second-order valence-corrected chi connectivity index (χ2v) is 6.45. The molecule has 0 spiro atoms. The zero-order valence-electron chi connectivity index (χ0n) is 14.1. The maximum absolute atomic E-state index is 12.3. The van der Waals surface area contributed by atoms with Gasteiger partial charge in [0.1, 0.15) is 0 Å². The van der Waals surface area contributed by atoms with E-state index in [1.165, 1.54) is 19.3 Å². The molecule has 0 bridgehead atoms. The van der Waals surface area contributed by atoms with E-state index >= 15 is 0 Å². The first-order chi connectivity index (χ1) is 11.1. The molecule has 23 heavy (non-hydrogen) atoms. The van der Waals surface area contributed by atoms with E-state index in [1.807, 2.05) is 19.1 Å². The van der Waals surface area contributed by atoms with Crippen LogP contribution < -0.4 is 5.32 Å². The van der Waals surface area contributed by atoms with Crippen molar-refractivity contribution in [2.45, 2.75) is 51.5 Å². The number of rotatable bonds is 6. The predicted molar refractivity (Wildman–Crippen MR) is 89.6 cm³/mol. The van der Waals surface area contributed by atoms with Gasteiger partial charge in [0.15, 0.2) is 0 Å². The molecule has 1 saturated carbocycles. The van der Waals surface area contributed by atoms with E-state index in [9.17, 15) is 9.59 Å². The fourth-order valence-electron chi connectivity index (χ4n) is 3.11. The highest BCUT2D eigenvalue weighted by atomic mass is 16.2. The third-order valence-corrected chi connectivity index (χ3v) is 4.80. The molecule has 0 aliphatic heterocycles. The summed E-state index contributed by atoms with van der Waals surface area (Å²) in [4.78, 5) is 29.9. The van der Waals surface area contributed by atoms with Crippen LogP contribution in [0.25, 0.3) is 0 Å². The number of nitrogens with one attached hydrogen (secondary N) is 1. The molecule has 1 aliphatic rings. The van der Waals surface area contributed by atoms with Crippen molar-refractivity contribution in [3.63, 3.8) is 0 Å². The van der Waals surface area contributed by atoms with Gasteiger partial charge in [-0.15, -0.1) is 0 Å². The Labute approximate surface area is 138 Å². The van der Waals surface area contributed by atoms with Gasteiger partial charge in [0.25, 0.3) is 0 Å². The topological polar surface area (TPSA) is 62.3 Å². The maximum Gasteiger partial charge on any atom is 0.242 e. The largest absolute Gasteiger partial charge is 0.347 e. The Balaban J connectivity index is 1.76. The van der Waals surface area contributed by atoms with Crippen molar-refractivity contribution in [1.29, 1.82) is 0 Å². The molecular weight excluding hydrogens is 290 g/mol. The molecule has 1 aliphatic carbocycles. The summed E-state index contributed by atoms with van der Waals surface area (Å²) in [6.07, 6.45) is 10.0. The van der Waals surface area contributed by atoms with Crippen LogP contribution in [0.4, 0.5) is 0 Å². The van der Waals surface area contributed by atoms with Crippen molar-refractivity contribution in [2.75, 3.05) is 13.6 Å². The molecule has 2 amide bonds. The number of likely N-dealkylation sites (N-methyl/N-ethyl adjacent to an activating group) is 1. The Hall–Kier alpha value is -1.91. The Kier molecular flexibility index (Phi) is 6.56. The monoisotopic (exact) mass is 317 g/mol. The third kappa shape index (κ3) is 5.34. The first-order valence-corrected chi connectivity index (χ1v) is 8.50. The molecule has 2 rings (SSSR count). The van der Waals surface area contributed by atoms with E-state index in [1.54, 1.807) is 24.3 Å². The summed E-state index contributed by atoms with van der Waals surface area (Å²) in [5.41, 5.74) is 1.03. The van der Waals surface area contributed by atoms with Gasteiger partial charge in [-0.25, -0.2) is 0 Å². The molecule has 1 N–H and O–H groups in total. The maximum atomic E-state index is 12.3. The van der Waals surface area contributed by atoms with Gasteiger partial charge in [-0.3, -0.25) is 14.6 Å². The summed E-state index contributed by atoms with van der Waals surface area (Å²) in [5, 5.41) is 2.77. The molecule has 0 unspecified atom stereocenters. The number of pyridine rings is 1. The predicted octanol–water partition coefficient (Wildman–Crippen LogP) is 2.69. The summed E-state index contributed by atoms with van der Waals surface area (Å²) in [6, 6.07) is 3.76. The highest BCUT2D eigenvalue weighted by molar-refractivity contribution is 5.84. The minimum absolute atomic E-state index is 0.00443. The Bertz CT molecular complexity index is 512. The average molecular weight is 317 g/mol. The Morgan fingerprint density at radius 2 is 1.91 bits per heavy atom. The van der Waals surface area contributed by atoms with Crippen LogP contribution >= 0.6 is 0 Å². The number of hydrogen-bond donors (Lipinski definition) is 1. The number of aromatic nitrogens is 1. The van der Waals surface area contributed by atoms with E-state index in [-0.39, 0.29) is 24.4 Å². The van der Waals surface area contributed by atoms with Crippen molar-refractivity contribution in [1.82, 2.24) is 15.2 Å². The minimum atomic E-state index is -0.0775. The Morgan fingerprint density at radius 1 is 1.26 bits per heavy atom. The van der Waals surface area contributed by atoms with Crippen LogP contribution in [0.2, 0.25) is 0 Å². The number of carbonyl (C=O) groups is 2. The summed E-state index contributed by atoms with van der Waals surface area (Å²) in [5.74, 6) is 0.411. The summed E-state index contributed by atoms with van der Waals surface area (Å²) < 4.78 is 0. The number of nitrogens with zero attached hydrogens (tertiary/aromatic N) is 2. The van der Waals surface area contributed by atoms with Crippen molar-refractivity contribution in [3.05, 3.63) is 30.1 Å². The molecule has 5 nitrogen and oxygen atoms in total. The number of carbonyl (C=O) groups excluding carboxylic acids is 2. The van der Waals surface area contributed by atoms with Crippen LogP contribution in [-0.2, 0) is 9.59 Å². The molecule has 5 heteroatoms. The van der Waals surface area contributed by atoms with E-state index in [0.717, 1.165) is 18.4 Å². The van der Waals surface area contributed by atoms with Gasteiger partial charge in [-0.2, -0.15) is 0 Å². The van der Waals surface area contributed by atoms with E-state index < -0.39 is 0 Å². The van der Waals surface area contributed by atoms with Gasteiger partial charge in [0.05, 0.1) is 12.6 Å². The SMILES string of the molecule is C[C@H](c1ccncc1)N(C)C(=O)CNC(=O)CC1CCCCC1. The van der Waals surface area contributed by atoms with Crippen LogP contribution in [-0.4, -0.2) is 35.3 Å². The van der Waals surface area contributed by atoms with Gasteiger partial charge in [0.2, 0.25) is 11.8 Å². The number of hydrogen-bond acceptors (Lipinski definition) is 3. The van der Waals surface area contributed by atoms with Crippen LogP contribution in [0.1, 0.15) is 57.1 Å². The molecular formula is C18H27N3O2. The molecule has 1 atom stereocenters. The van der Waals surface area contributed by atoms with E-state index in [0.29, 0.717) is 12.3 Å². The first-order valence-electron chi connectivity index (χ1n) is 8.50. The standard InChI is InChI=1S/C18H27N3O2/c1-14(16-8-10-19-11-9-16)21(2)18(23)13-20-17(22)12-15-6-4-3-5-7-15/h8-11,14-15H,3-7,12-13H2,1-2H3,(H,20,22)/t14-/m1/s1. The van der Waals surface area contributed by atoms with Crippen LogP contribution in [0.3, 0.4) is 0 Å². The molecule has 1 fully saturated rings. The van der Waals surface area contributed by atoms with Gasteiger partial charge >= 0.3 is 0 Å². The molecule has 126 valence electrons. The first kappa shape index (κ1) is 17.4. The molecule has 0 aromatic carbocycles. The van der Waals surface area contributed by atoms with E-state index in [4.69, 9.17) is 0 Å². The zero-order chi connectivity index (χ0) is 16.7. The lowest BCUT2D eigenvalue weighted by atomic mass is 9.87. The molecule has 0 saturated heterocycles. The van der Waals surface area contributed by atoms with Crippen molar-refractivity contribution < 1.29 is 9.59 Å². The average Bonchev–Trinajstić information content (AvgIpc) is 2.60. The lowest BCUT2D eigenvalue weighted by molar-refractivity contribution is -0.133. The van der Waals surface area contributed by atoms with E-state index in [2.05, 4.69) is 10.3 Å². The minimum Gasteiger partial charge on any atom is -0.347 e. The van der Waals surface area contributed by atoms with Crippen molar-refractivity contribution in [3.8, 4) is 0 Å². The number of amides is 2. The second kappa shape index (κ2) is 8.65. The van der Waals surface area contributed by atoms with Gasteiger partial charge in [0, 0.05) is 25.9 Å². The lowest BCUT2D eigenvalue weighted by Gasteiger charge is -2.26. The normalized spacial score (nSPS) is 16.6. The molecule has 1 aromatic heterocycles. The molecule has 0 radical (unpaired) electrons. The van der Waals surface area contributed by atoms with Gasteiger partial charge < -0.3 is 10.2 Å². The second-order valence-electron chi connectivity index (χ2n) is 6.45. The highest BCUT2D eigenvalue weighted by Gasteiger charge is 2.20. The fraction of sp³-hybridized carbons (Fsp3) is 0.611. The lowest BCUT2D eigenvalue weighted by Crippen LogP contribution is -2.39. The molecule has 1 heterocycles. The quantitative estimate of drug-likeness (QED) is 0.877. The van der Waals surface area contributed by atoms with Crippen LogP contribution in [0, 0.1) is 5.92 Å². The van der Waals surface area contributed by atoms with Gasteiger partial charge in [-0.05, 0) is 43.4 Å². The summed E-state index contributed by atoms with van der Waals surface area (Å²) >= 11 is 0. The summed E-state index contributed by atoms with van der Waals surface area (Å²) in [7, 11) is 1.76. The molecule has 1 aromatic rings. The third-order valence-electron chi connectivity index (χ3n) is 4.80. The van der Waals surface area contributed by atoms with Crippen LogP contribution in [0.5, 0.6) is 0 Å². The summed E-state index contributed by atoms with van der Waals surface area (Å²) in [6.45, 7) is 2.04. The Morgan fingerprint density at radius 3 is 2.57 bits per heavy atom. The fourth-order valence-corrected chi connectivity index (χ4v) is 3.11. The smallest absolute Gasteiger partial charge is 0.242 e.